The van der Waals surface area contributed by atoms with E-state index in [4.69, 9.17) is 16.7 Å². The minimum absolute atomic E-state index is 0.00673. The number of carboxylic acids is 1. The third-order valence-corrected chi connectivity index (χ3v) is 3.39. The number of nitrogens with zero attached hydrogens (tertiary/aromatic N) is 1. The Morgan fingerprint density at radius 2 is 2.20 bits per heavy atom. The van der Waals surface area contributed by atoms with Crippen LogP contribution in [0.1, 0.15) is 25.5 Å². The van der Waals surface area contributed by atoms with Gasteiger partial charge in [0.1, 0.15) is 0 Å². The Morgan fingerprint density at radius 1 is 1.53 bits per heavy atom. The van der Waals surface area contributed by atoms with Crippen molar-refractivity contribution in [1.82, 2.24) is 4.98 Å². The third-order valence-electron chi connectivity index (χ3n) is 3.16. The molecule has 15 heavy (non-hydrogen) atoms. The molecule has 1 aromatic heterocycles. The molecule has 0 saturated heterocycles. The first kappa shape index (κ1) is 10.4. The van der Waals surface area contributed by atoms with E-state index in [9.17, 15) is 4.79 Å². The van der Waals surface area contributed by atoms with Crippen LogP contribution in [-0.2, 0) is 4.79 Å². The average molecular weight is 226 g/mol. The van der Waals surface area contributed by atoms with E-state index < -0.39 is 5.97 Å². The topological polar surface area (TPSA) is 50.2 Å². The molecular weight excluding hydrogens is 214 g/mol. The van der Waals surface area contributed by atoms with Crippen molar-refractivity contribution in [3.05, 3.63) is 29.0 Å². The normalized spacial score (nSPS) is 27.4. The molecule has 1 heterocycles. The predicted octanol–water partition coefficient (Wildman–Crippen LogP) is 2.56. The predicted molar refractivity (Wildman–Crippen MR) is 56.9 cm³/mol. The van der Waals surface area contributed by atoms with Gasteiger partial charge in [-0.3, -0.25) is 9.78 Å². The minimum atomic E-state index is -0.748. The molecular formula is C11H12ClNO2. The Bertz CT molecular complexity index is 400. The van der Waals surface area contributed by atoms with Crippen LogP contribution in [0, 0.1) is 11.3 Å². The van der Waals surface area contributed by atoms with Gasteiger partial charge in [0, 0.05) is 17.8 Å². The van der Waals surface area contributed by atoms with Gasteiger partial charge in [0.15, 0.2) is 0 Å². The highest BCUT2D eigenvalue weighted by atomic mass is 35.5. The zero-order valence-corrected chi connectivity index (χ0v) is 9.32. The summed E-state index contributed by atoms with van der Waals surface area (Å²) in [5.41, 5.74) is 0.615. The molecule has 0 spiro atoms. The number of pyridine rings is 1. The van der Waals surface area contributed by atoms with Crippen LogP contribution in [0.25, 0.3) is 0 Å². The summed E-state index contributed by atoms with van der Waals surface area (Å²) in [7, 11) is 0. The summed E-state index contributed by atoms with van der Waals surface area (Å²) in [5.74, 6) is -1.07. The van der Waals surface area contributed by atoms with Crippen LogP contribution in [0.2, 0.25) is 5.02 Å². The lowest BCUT2D eigenvalue weighted by molar-refractivity contribution is -0.139. The third kappa shape index (κ3) is 1.61. The van der Waals surface area contributed by atoms with Gasteiger partial charge in [0.05, 0.1) is 10.9 Å². The summed E-state index contributed by atoms with van der Waals surface area (Å²) >= 11 is 5.73. The van der Waals surface area contributed by atoms with Crippen molar-refractivity contribution in [2.75, 3.05) is 0 Å². The first-order valence-electron chi connectivity index (χ1n) is 4.79. The van der Waals surface area contributed by atoms with E-state index in [-0.39, 0.29) is 17.3 Å². The fourth-order valence-electron chi connectivity index (χ4n) is 2.22. The second kappa shape index (κ2) is 3.20. The number of aliphatic carboxylic acids is 1. The lowest BCUT2D eigenvalue weighted by Gasteiger charge is -2.01. The summed E-state index contributed by atoms with van der Waals surface area (Å²) in [6.07, 6.45) is 1.56. The molecule has 0 unspecified atom stereocenters. The highest BCUT2D eigenvalue weighted by molar-refractivity contribution is 6.30. The Hall–Kier alpha value is -1.09. The van der Waals surface area contributed by atoms with E-state index >= 15 is 0 Å². The number of hydrogen-bond donors (Lipinski definition) is 1. The van der Waals surface area contributed by atoms with Crippen molar-refractivity contribution in [3.8, 4) is 0 Å². The maximum Gasteiger partial charge on any atom is 0.307 e. The molecule has 1 aromatic rings. The van der Waals surface area contributed by atoms with Crippen molar-refractivity contribution < 1.29 is 9.90 Å². The average Bonchev–Trinajstić information content (AvgIpc) is 2.70. The molecule has 4 heteroatoms. The zero-order valence-electron chi connectivity index (χ0n) is 8.57. The molecule has 1 aliphatic rings. The first-order chi connectivity index (χ1) is 6.94. The largest absolute Gasteiger partial charge is 0.481 e. The van der Waals surface area contributed by atoms with Gasteiger partial charge in [-0.15, -0.1) is 0 Å². The second-order valence-corrected chi connectivity index (χ2v) is 4.95. The van der Waals surface area contributed by atoms with Crippen LogP contribution >= 0.6 is 11.6 Å². The lowest BCUT2D eigenvalue weighted by Crippen LogP contribution is -2.03. The maximum atomic E-state index is 11.0. The molecule has 0 bridgehead atoms. The second-order valence-electron chi connectivity index (χ2n) is 4.52. The molecule has 0 aromatic carbocycles. The molecule has 1 fully saturated rings. The van der Waals surface area contributed by atoms with E-state index in [1.807, 2.05) is 13.8 Å². The van der Waals surface area contributed by atoms with Gasteiger partial charge < -0.3 is 5.11 Å². The van der Waals surface area contributed by atoms with Crippen LogP contribution in [0.5, 0.6) is 0 Å². The highest BCUT2D eigenvalue weighted by Gasteiger charge is 2.63. The van der Waals surface area contributed by atoms with Gasteiger partial charge in [-0.05, 0) is 17.5 Å². The summed E-state index contributed by atoms with van der Waals surface area (Å²) in [5, 5.41) is 9.59. The van der Waals surface area contributed by atoms with Crippen molar-refractivity contribution in [3.63, 3.8) is 0 Å². The van der Waals surface area contributed by atoms with E-state index in [1.165, 1.54) is 0 Å². The summed E-state index contributed by atoms with van der Waals surface area (Å²) in [6.45, 7) is 3.90. The van der Waals surface area contributed by atoms with Gasteiger partial charge in [0.25, 0.3) is 0 Å². The van der Waals surface area contributed by atoms with E-state index in [0.29, 0.717) is 5.02 Å². The summed E-state index contributed by atoms with van der Waals surface area (Å²) in [6, 6.07) is 3.55. The van der Waals surface area contributed by atoms with E-state index in [2.05, 4.69) is 4.98 Å². The van der Waals surface area contributed by atoms with Crippen molar-refractivity contribution in [1.29, 1.82) is 0 Å². The van der Waals surface area contributed by atoms with Crippen LogP contribution < -0.4 is 0 Å². The highest BCUT2D eigenvalue weighted by Crippen LogP contribution is 2.63. The number of hydrogen-bond acceptors (Lipinski definition) is 2. The van der Waals surface area contributed by atoms with Gasteiger partial charge in [-0.2, -0.15) is 0 Å². The van der Waals surface area contributed by atoms with Crippen molar-refractivity contribution in [2.45, 2.75) is 19.8 Å². The Kier molecular flexibility index (Phi) is 2.23. The van der Waals surface area contributed by atoms with Crippen LogP contribution in [0.4, 0.5) is 0 Å². The van der Waals surface area contributed by atoms with Gasteiger partial charge in [0.2, 0.25) is 0 Å². The number of carbonyl (C=O) groups is 1. The molecule has 3 nitrogen and oxygen atoms in total. The fourth-order valence-corrected chi connectivity index (χ4v) is 2.33. The van der Waals surface area contributed by atoms with Gasteiger partial charge in [-0.25, -0.2) is 0 Å². The molecule has 80 valence electrons. The Labute approximate surface area is 93.1 Å². The standard InChI is InChI=1S/C11H12ClNO2/c1-11(2)8(9(11)10(14)15)7-4-3-6(12)5-13-7/h3-5,8-9H,1-2H3,(H,14,15)/t8-,9+/m1/s1. The van der Waals surface area contributed by atoms with Crippen molar-refractivity contribution in [2.24, 2.45) is 11.3 Å². The van der Waals surface area contributed by atoms with Crippen LogP contribution in [0.3, 0.4) is 0 Å². The molecule has 1 saturated carbocycles. The quantitative estimate of drug-likeness (QED) is 0.842. The molecule has 2 rings (SSSR count). The lowest BCUT2D eigenvalue weighted by atomic mass is 10.1. The molecule has 1 aliphatic carbocycles. The number of carboxylic acid groups (broad SMARTS) is 1. The van der Waals surface area contributed by atoms with Crippen molar-refractivity contribution >= 4 is 17.6 Å². The monoisotopic (exact) mass is 225 g/mol. The van der Waals surface area contributed by atoms with Crippen LogP contribution in [0.15, 0.2) is 18.3 Å². The summed E-state index contributed by atoms with van der Waals surface area (Å²) in [4.78, 5) is 15.1. The zero-order chi connectivity index (χ0) is 11.2. The van der Waals surface area contributed by atoms with E-state index in [1.54, 1.807) is 18.3 Å². The molecule has 1 N–H and O–H groups in total. The molecule has 0 radical (unpaired) electrons. The van der Waals surface area contributed by atoms with Gasteiger partial charge in [-0.1, -0.05) is 25.4 Å². The fraction of sp³-hybridized carbons (Fsp3) is 0.455. The molecule has 0 aliphatic heterocycles. The van der Waals surface area contributed by atoms with Crippen LogP contribution in [-0.4, -0.2) is 16.1 Å². The first-order valence-corrected chi connectivity index (χ1v) is 5.16. The van der Waals surface area contributed by atoms with Gasteiger partial charge >= 0.3 is 5.97 Å². The maximum absolute atomic E-state index is 11.0. The molecule has 0 amide bonds. The van der Waals surface area contributed by atoms with E-state index in [0.717, 1.165) is 5.69 Å². The number of aromatic nitrogens is 1. The summed E-state index contributed by atoms with van der Waals surface area (Å²) < 4.78 is 0. The number of halogens is 1. The smallest absolute Gasteiger partial charge is 0.307 e. The number of rotatable bonds is 2. The minimum Gasteiger partial charge on any atom is -0.481 e. The Morgan fingerprint density at radius 3 is 2.60 bits per heavy atom. The molecule has 2 atom stereocenters. The SMILES string of the molecule is CC1(C)[C@H](C(=O)O)[C@H]1c1ccc(Cl)cn1. The Balaban J connectivity index is 2.27.